The minimum Gasteiger partial charge on any atom is -0.466 e. The third kappa shape index (κ3) is 6.12. The van der Waals surface area contributed by atoms with Crippen LogP contribution >= 0.6 is 0 Å². The highest BCUT2D eigenvalue weighted by atomic mass is 16.5. The fourth-order valence-corrected chi connectivity index (χ4v) is 1.89. The van der Waals surface area contributed by atoms with Crippen LogP contribution in [0, 0.1) is 0 Å². The average molecular weight is 303 g/mol. The van der Waals surface area contributed by atoms with Crippen molar-refractivity contribution in [2.24, 2.45) is 0 Å². The van der Waals surface area contributed by atoms with Crippen LogP contribution in [0.1, 0.15) is 44.2 Å². The van der Waals surface area contributed by atoms with Gasteiger partial charge in [-0.2, -0.15) is 0 Å². The number of hydrogen-bond acceptors (Lipinski definition) is 3. The van der Waals surface area contributed by atoms with Crippen molar-refractivity contribution in [3.05, 3.63) is 41.5 Å². The van der Waals surface area contributed by atoms with Gasteiger partial charge >= 0.3 is 5.97 Å². The van der Waals surface area contributed by atoms with Gasteiger partial charge in [-0.3, -0.25) is 9.59 Å². The molecule has 1 aromatic carbocycles. The molecule has 22 heavy (non-hydrogen) atoms. The zero-order valence-corrected chi connectivity index (χ0v) is 13.8. The molecule has 0 fully saturated rings. The Hall–Kier alpha value is -2.10. The van der Waals surface area contributed by atoms with E-state index in [2.05, 4.69) is 26.0 Å². The number of ether oxygens (including phenoxy) is 1. The lowest BCUT2D eigenvalue weighted by molar-refractivity contribution is -0.143. The summed E-state index contributed by atoms with van der Waals surface area (Å²) >= 11 is 0. The number of carbonyl (C=O) groups excluding carboxylic acids is 2. The first-order chi connectivity index (χ1) is 10.4. The van der Waals surface area contributed by atoms with E-state index in [0.717, 1.165) is 5.56 Å². The van der Waals surface area contributed by atoms with Crippen molar-refractivity contribution >= 4 is 18.0 Å². The van der Waals surface area contributed by atoms with E-state index in [1.807, 2.05) is 12.1 Å². The number of hydrogen-bond donors (Lipinski definition) is 0. The minimum absolute atomic E-state index is 0.128. The summed E-state index contributed by atoms with van der Waals surface area (Å²) in [5, 5.41) is 0. The zero-order chi connectivity index (χ0) is 16.5. The number of esters is 1. The van der Waals surface area contributed by atoms with Crippen LogP contribution in [0.25, 0.3) is 6.08 Å². The van der Waals surface area contributed by atoms with E-state index in [1.54, 1.807) is 20.0 Å². The third-order valence-electron chi connectivity index (χ3n) is 3.35. The molecule has 0 aromatic heterocycles. The second-order valence-electron chi connectivity index (χ2n) is 5.47. The summed E-state index contributed by atoms with van der Waals surface area (Å²) in [7, 11) is 1.67. The van der Waals surface area contributed by atoms with Crippen LogP contribution in [0.5, 0.6) is 0 Å². The Morgan fingerprint density at radius 2 is 1.86 bits per heavy atom. The maximum absolute atomic E-state index is 11.9. The quantitative estimate of drug-likeness (QED) is 0.574. The first kappa shape index (κ1) is 18.0. The van der Waals surface area contributed by atoms with Crippen molar-refractivity contribution in [3.63, 3.8) is 0 Å². The van der Waals surface area contributed by atoms with Gasteiger partial charge in [0.15, 0.2) is 0 Å². The highest BCUT2D eigenvalue weighted by Crippen LogP contribution is 2.15. The average Bonchev–Trinajstić information content (AvgIpc) is 2.50. The molecule has 0 aliphatic rings. The predicted octanol–water partition coefficient (Wildman–Crippen LogP) is 3.23. The third-order valence-corrected chi connectivity index (χ3v) is 3.35. The van der Waals surface area contributed by atoms with E-state index in [9.17, 15) is 9.59 Å². The molecule has 0 radical (unpaired) electrons. The van der Waals surface area contributed by atoms with Gasteiger partial charge in [0.05, 0.1) is 13.0 Å². The van der Waals surface area contributed by atoms with E-state index in [0.29, 0.717) is 19.1 Å². The van der Waals surface area contributed by atoms with E-state index in [-0.39, 0.29) is 18.3 Å². The molecular formula is C18H25NO3. The Morgan fingerprint density at radius 3 is 2.41 bits per heavy atom. The first-order valence-electron chi connectivity index (χ1n) is 7.62. The summed E-state index contributed by atoms with van der Waals surface area (Å²) in [6.45, 7) is 6.77. The molecule has 0 saturated carbocycles. The van der Waals surface area contributed by atoms with Gasteiger partial charge in [0, 0.05) is 19.7 Å². The van der Waals surface area contributed by atoms with E-state index >= 15 is 0 Å². The monoisotopic (exact) mass is 303 g/mol. The molecule has 4 heteroatoms. The number of carbonyl (C=O) groups is 2. The maximum Gasteiger partial charge on any atom is 0.307 e. The summed E-state index contributed by atoms with van der Waals surface area (Å²) in [5.41, 5.74) is 2.26. The topological polar surface area (TPSA) is 46.6 Å². The van der Waals surface area contributed by atoms with Gasteiger partial charge in [-0.15, -0.1) is 0 Å². The standard InChI is InChI=1S/C18H25NO3/c1-5-22-18(21)12-13-19(4)17(20)11-8-15-6-9-16(10-7-15)14(2)3/h6-11,14H,5,12-13H2,1-4H3/b11-8+. The molecule has 0 unspecified atom stereocenters. The highest BCUT2D eigenvalue weighted by Gasteiger charge is 2.08. The summed E-state index contributed by atoms with van der Waals surface area (Å²) in [4.78, 5) is 24.7. The molecule has 0 N–H and O–H groups in total. The molecule has 0 heterocycles. The van der Waals surface area contributed by atoms with Gasteiger partial charge in [-0.25, -0.2) is 0 Å². The number of likely N-dealkylation sites (N-methyl/N-ethyl adjacent to an activating group) is 1. The van der Waals surface area contributed by atoms with Crippen molar-refractivity contribution in [1.82, 2.24) is 4.90 Å². The van der Waals surface area contributed by atoms with Crippen LogP contribution in [-0.2, 0) is 14.3 Å². The minimum atomic E-state index is -0.282. The highest BCUT2D eigenvalue weighted by molar-refractivity contribution is 5.91. The molecule has 4 nitrogen and oxygen atoms in total. The summed E-state index contributed by atoms with van der Waals surface area (Å²) in [6.07, 6.45) is 3.52. The number of rotatable bonds is 7. The number of amides is 1. The zero-order valence-electron chi connectivity index (χ0n) is 13.8. The number of nitrogens with zero attached hydrogens (tertiary/aromatic N) is 1. The largest absolute Gasteiger partial charge is 0.466 e. The van der Waals surface area contributed by atoms with E-state index < -0.39 is 0 Å². The fraction of sp³-hybridized carbons (Fsp3) is 0.444. The van der Waals surface area contributed by atoms with E-state index in [1.165, 1.54) is 16.5 Å². The molecule has 1 rings (SSSR count). The molecular weight excluding hydrogens is 278 g/mol. The van der Waals surface area contributed by atoms with Crippen molar-refractivity contribution in [2.45, 2.75) is 33.1 Å². The lowest BCUT2D eigenvalue weighted by atomic mass is 10.0. The van der Waals surface area contributed by atoms with Crippen LogP contribution in [0.4, 0.5) is 0 Å². The summed E-state index contributed by atoms with van der Waals surface area (Å²) < 4.78 is 4.84. The van der Waals surface area contributed by atoms with E-state index in [4.69, 9.17) is 4.74 Å². The van der Waals surface area contributed by atoms with Crippen LogP contribution in [0.15, 0.2) is 30.3 Å². The Bertz CT molecular complexity index is 518. The smallest absolute Gasteiger partial charge is 0.307 e. The first-order valence-corrected chi connectivity index (χ1v) is 7.62. The SMILES string of the molecule is CCOC(=O)CCN(C)C(=O)/C=C/c1ccc(C(C)C)cc1. The number of benzene rings is 1. The Morgan fingerprint density at radius 1 is 1.23 bits per heavy atom. The van der Waals surface area contributed by atoms with Gasteiger partial charge in [-0.1, -0.05) is 38.1 Å². The predicted molar refractivity (Wildman–Crippen MR) is 88.5 cm³/mol. The van der Waals surface area contributed by atoms with Gasteiger partial charge < -0.3 is 9.64 Å². The molecule has 1 aromatic rings. The summed E-state index contributed by atoms with van der Waals surface area (Å²) in [6, 6.07) is 8.13. The molecule has 0 aliphatic carbocycles. The molecule has 0 atom stereocenters. The Kier molecular flexibility index (Phi) is 7.37. The molecule has 0 spiro atoms. The normalized spacial score (nSPS) is 11.0. The lowest BCUT2D eigenvalue weighted by Crippen LogP contribution is -2.27. The van der Waals surface area contributed by atoms with Gasteiger partial charge in [0.1, 0.15) is 0 Å². The van der Waals surface area contributed by atoms with Crippen LogP contribution < -0.4 is 0 Å². The Balaban J connectivity index is 2.50. The van der Waals surface area contributed by atoms with Crippen molar-refractivity contribution < 1.29 is 14.3 Å². The van der Waals surface area contributed by atoms with Crippen LogP contribution in [0.3, 0.4) is 0 Å². The molecule has 120 valence electrons. The van der Waals surface area contributed by atoms with Gasteiger partial charge in [0.2, 0.25) is 5.91 Å². The van der Waals surface area contributed by atoms with Gasteiger partial charge in [0.25, 0.3) is 0 Å². The van der Waals surface area contributed by atoms with Crippen molar-refractivity contribution in [1.29, 1.82) is 0 Å². The molecule has 1 amide bonds. The molecule has 0 bridgehead atoms. The molecule has 0 saturated heterocycles. The second-order valence-corrected chi connectivity index (χ2v) is 5.47. The van der Waals surface area contributed by atoms with Crippen molar-refractivity contribution in [2.75, 3.05) is 20.2 Å². The maximum atomic E-state index is 11.9. The summed E-state index contributed by atoms with van der Waals surface area (Å²) in [5.74, 6) is 0.0845. The van der Waals surface area contributed by atoms with Crippen LogP contribution in [-0.4, -0.2) is 37.0 Å². The fourth-order valence-electron chi connectivity index (χ4n) is 1.89. The Labute approximate surface area is 132 Å². The van der Waals surface area contributed by atoms with Crippen molar-refractivity contribution in [3.8, 4) is 0 Å². The lowest BCUT2D eigenvalue weighted by Gasteiger charge is -2.14. The van der Waals surface area contributed by atoms with Crippen LogP contribution in [0.2, 0.25) is 0 Å². The van der Waals surface area contributed by atoms with Gasteiger partial charge in [-0.05, 0) is 30.0 Å². The second kappa shape index (κ2) is 9.03. The molecule has 0 aliphatic heterocycles.